The maximum atomic E-state index is 5.54. The SMILES string of the molecule is c1cc(NC2CCCc3occc32)cc(-n2cnnn2)c1. The van der Waals surface area contributed by atoms with Crippen molar-refractivity contribution in [2.75, 3.05) is 5.32 Å². The van der Waals surface area contributed by atoms with Crippen LogP contribution in [0, 0.1) is 0 Å². The van der Waals surface area contributed by atoms with Crippen molar-refractivity contribution in [1.82, 2.24) is 20.2 Å². The molecule has 1 unspecified atom stereocenters. The number of hydrogen-bond acceptors (Lipinski definition) is 5. The summed E-state index contributed by atoms with van der Waals surface area (Å²) in [5.41, 5.74) is 3.27. The van der Waals surface area contributed by atoms with Crippen LogP contribution in [0.1, 0.15) is 30.2 Å². The number of nitrogens with one attached hydrogen (secondary N) is 1. The minimum Gasteiger partial charge on any atom is -0.469 e. The highest BCUT2D eigenvalue weighted by molar-refractivity contribution is 5.52. The second-order valence-electron chi connectivity index (χ2n) is 5.19. The van der Waals surface area contributed by atoms with Crippen LogP contribution < -0.4 is 5.32 Å². The van der Waals surface area contributed by atoms with Crippen LogP contribution in [-0.2, 0) is 6.42 Å². The molecule has 21 heavy (non-hydrogen) atoms. The summed E-state index contributed by atoms with van der Waals surface area (Å²) in [4.78, 5) is 0. The van der Waals surface area contributed by atoms with E-state index in [4.69, 9.17) is 4.42 Å². The predicted octanol–water partition coefficient (Wildman–Crippen LogP) is 2.74. The van der Waals surface area contributed by atoms with Crippen LogP contribution in [0.15, 0.2) is 47.3 Å². The van der Waals surface area contributed by atoms with Crippen LogP contribution in [0.3, 0.4) is 0 Å². The lowest BCUT2D eigenvalue weighted by Gasteiger charge is -2.24. The molecule has 0 fully saturated rings. The van der Waals surface area contributed by atoms with Gasteiger partial charge in [0.15, 0.2) is 0 Å². The quantitative estimate of drug-likeness (QED) is 0.799. The van der Waals surface area contributed by atoms with E-state index in [9.17, 15) is 0 Å². The van der Waals surface area contributed by atoms with E-state index in [-0.39, 0.29) is 0 Å². The van der Waals surface area contributed by atoms with Gasteiger partial charge in [0.05, 0.1) is 18.0 Å². The molecule has 0 radical (unpaired) electrons. The first-order chi connectivity index (χ1) is 10.4. The molecule has 1 aromatic carbocycles. The van der Waals surface area contributed by atoms with Gasteiger partial charge < -0.3 is 9.73 Å². The van der Waals surface area contributed by atoms with E-state index in [1.54, 1.807) is 17.3 Å². The Kier molecular flexibility index (Phi) is 2.92. The van der Waals surface area contributed by atoms with Gasteiger partial charge in [0.25, 0.3) is 0 Å². The van der Waals surface area contributed by atoms with Crippen LogP contribution in [0.25, 0.3) is 5.69 Å². The molecular formula is C15H15N5O. The van der Waals surface area contributed by atoms with E-state index in [0.717, 1.165) is 36.4 Å². The number of tetrazole rings is 1. The van der Waals surface area contributed by atoms with Gasteiger partial charge in [-0.3, -0.25) is 0 Å². The molecular weight excluding hydrogens is 266 g/mol. The number of aromatic nitrogens is 4. The Morgan fingerprint density at radius 3 is 3.19 bits per heavy atom. The first-order valence-corrected chi connectivity index (χ1v) is 7.06. The van der Waals surface area contributed by atoms with Crippen molar-refractivity contribution < 1.29 is 4.42 Å². The van der Waals surface area contributed by atoms with Crippen molar-refractivity contribution in [3.05, 3.63) is 54.2 Å². The largest absolute Gasteiger partial charge is 0.469 e. The molecule has 6 heteroatoms. The van der Waals surface area contributed by atoms with Gasteiger partial charge in [-0.2, -0.15) is 0 Å². The molecule has 6 nitrogen and oxygen atoms in total. The summed E-state index contributed by atoms with van der Waals surface area (Å²) in [6, 6.07) is 10.4. The van der Waals surface area contributed by atoms with E-state index in [2.05, 4.69) is 33.0 Å². The Morgan fingerprint density at radius 2 is 2.29 bits per heavy atom. The minimum absolute atomic E-state index is 0.302. The normalized spacial score (nSPS) is 17.4. The summed E-state index contributed by atoms with van der Waals surface area (Å²) in [7, 11) is 0. The molecule has 3 aromatic rings. The number of furan rings is 1. The zero-order valence-corrected chi connectivity index (χ0v) is 11.4. The van der Waals surface area contributed by atoms with Gasteiger partial charge in [-0.1, -0.05) is 6.07 Å². The third-order valence-electron chi connectivity index (χ3n) is 3.85. The van der Waals surface area contributed by atoms with Crippen molar-refractivity contribution in [2.45, 2.75) is 25.3 Å². The van der Waals surface area contributed by atoms with Gasteiger partial charge in [-0.15, -0.1) is 5.10 Å². The van der Waals surface area contributed by atoms with Crippen molar-refractivity contribution >= 4 is 5.69 Å². The molecule has 1 atom stereocenters. The standard InChI is InChI=1S/C15H15N5O/c1-3-11(9-12(4-1)20-10-16-18-19-20)17-14-5-2-6-15-13(14)7-8-21-15/h1,3-4,7-10,14,17H,2,5-6H2. The molecule has 0 bridgehead atoms. The summed E-state index contributed by atoms with van der Waals surface area (Å²) < 4.78 is 7.18. The molecule has 0 saturated carbocycles. The van der Waals surface area contributed by atoms with Gasteiger partial charge >= 0.3 is 0 Å². The minimum atomic E-state index is 0.302. The molecule has 1 N–H and O–H groups in total. The maximum absolute atomic E-state index is 5.54. The lowest BCUT2D eigenvalue weighted by molar-refractivity contribution is 0.461. The molecule has 0 aliphatic heterocycles. The first kappa shape index (κ1) is 12.1. The fraction of sp³-hybridized carbons (Fsp3) is 0.267. The van der Waals surface area contributed by atoms with Crippen LogP contribution in [0.4, 0.5) is 5.69 Å². The Labute approximate surface area is 121 Å². The summed E-state index contributed by atoms with van der Waals surface area (Å²) in [5, 5.41) is 14.8. The smallest absolute Gasteiger partial charge is 0.143 e. The first-order valence-electron chi connectivity index (χ1n) is 7.06. The fourth-order valence-electron chi connectivity index (χ4n) is 2.86. The third kappa shape index (κ3) is 2.29. The summed E-state index contributed by atoms with van der Waals surface area (Å²) in [6.45, 7) is 0. The van der Waals surface area contributed by atoms with Crippen molar-refractivity contribution in [2.24, 2.45) is 0 Å². The summed E-state index contributed by atoms with van der Waals surface area (Å²) in [6.07, 6.45) is 6.66. The number of nitrogens with zero attached hydrogens (tertiary/aromatic N) is 4. The number of rotatable bonds is 3. The second-order valence-corrected chi connectivity index (χ2v) is 5.19. The number of aryl methyl sites for hydroxylation is 1. The van der Waals surface area contributed by atoms with E-state index >= 15 is 0 Å². The fourth-order valence-corrected chi connectivity index (χ4v) is 2.86. The molecule has 1 aliphatic rings. The predicted molar refractivity (Wildman–Crippen MR) is 77.2 cm³/mol. The lowest BCUT2D eigenvalue weighted by atomic mass is 9.93. The Morgan fingerprint density at radius 1 is 1.29 bits per heavy atom. The van der Waals surface area contributed by atoms with Gasteiger partial charge in [0.2, 0.25) is 0 Å². The Bertz CT molecular complexity index is 734. The van der Waals surface area contributed by atoms with E-state index in [1.165, 1.54) is 5.56 Å². The topological polar surface area (TPSA) is 68.8 Å². The molecule has 106 valence electrons. The highest BCUT2D eigenvalue weighted by Crippen LogP contribution is 2.33. The second kappa shape index (κ2) is 5.05. The van der Waals surface area contributed by atoms with E-state index in [0.29, 0.717) is 6.04 Å². The highest BCUT2D eigenvalue weighted by atomic mass is 16.3. The molecule has 2 heterocycles. The van der Waals surface area contributed by atoms with E-state index < -0.39 is 0 Å². The summed E-state index contributed by atoms with van der Waals surface area (Å²) >= 11 is 0. The molecule has 1 aliphatic carbocycles. The van der Waals surface area contributed by atoms with Crippen LogP contribution >= 0.6 is 0 Å². The number of hydrogen-bond donors (Lipinski definition) is 1. The van der Waals surface area contributed by atoms with Crippen LogP contribution in [-0.4, -0.2) is 20.2 Å². The number of fused-ring (bicyclic) bond motifs is 1. The number of benzene rings is 1. The molecule has 0 spiro atoms. The lowest BCUT2D eigenvalue weighted by Crippen LogP contribution is -2.16. The van der Waals surface area contributed by atoms with Crippen LogP contribution in [0.5, 0.6) is 0 Å². The molecule has 0 saturated heterocycles. The Balaban J connectivity index is 1.60. The van der Waals surface area contributed by atoms with Gasteiger partial charge in [-0.05, 0) is 47.5 Å². The van der Waals surface area contributed by atoms with E-state index in [1.807, 2.05) is 18.2 Å². The number of anilines is 1. The average molecular weight is 281 g/mol. The molecule has 4 rings (SSSR count). The van der Waals surface area contributed by atoms with Crippen molar-refractivity contribution in [1.29, 1.82) is 0 Å². The van der Waals surface area contributed by atoms with Crippen LogP contribution in [0.2, 0.25) is 0 Å². The van der Waals surface area contributed by atoms with Gasteiger partial charge in [0.1, 0.15) is 12.1 Å². The zero-order chi connectivity index (χ0) is 14.1. The van der Waals surface area contributed by atoms with Crippen molar-refractivity contribution in [3.63, 3.8) is 0 Å². The molecule has 0 amide bonds. The monoisotopic (exact) mass is 281 g/mol. The van der Waals surface area contributed by atoms with Crippen molar-refractivity contribution in [3.8, 4) is 5.69 Å². The maximum Gasteiger partial charge on any atom is 0.143 e. The molecule has 2 aromatic heterocycles. The third-order valence-corrected chi connectivity index (χ3v) is 3.85. The Hall–Kier alpha value is -2.63. The average Bonchev–Trinajstić information content (AvgIpc) is 3.20. The summed E-state index contributed by atoms with van der Waals surface area (Å²) in [5.74, 6) is 1.11. The van der Waals surface area contributed by atoms with Gasteiger partial charge in [0, 0.05) is 17.7 Å². The zero-order valence-electron chi connectivity index (χ0n) is 11.4. The highest BCUT2D eigenvalue weighted by Gasteiger charge is 2.22. The van der Waals surface area contributed by atoms with Gasteiger partial charge in [-0.25, -0.2) is 4.68 Å².